The molecule has 206 valence electrons. The Labute approximate surface area is 226 Å². The van der Waals surface area contributed by atoms with Crippen molar-refractivity contribution in [3.8, 4) is 6.01 Å². The predicted octanol–water partition coefficient (Wildman–Crippen LogP) is 4.53. The first-order chi connectivity index (χ1) is 18.4. The number of carbonyl (C=O) groups is 1. The van der Waals surface area contributed by atoms with Gasteiger partial charge in [0.1, 0.15) is 0 Å². The van der Waals surface area contributed by atoms with Gasteiger partial charge < -0.3 is 15.4 Å². The summed E-state index contributed by atoms with van der Waals surface area (Å²) in [6, 6.07) is 11.9. The minimum atomic E-state index is -4.61. The fourth-order valence-corrected chi connectivity index (χ4v) is 4.91. The Bertz CT molecular complexity index is 1480. The number of halogens is 4. The summed E-state index contributed by atoms with van der Waals surface area (Å²) in [4.78, 5) is 23.9. The van der Waals surface area contributed by atoms with Crippen molar-refractivity contribution >= 4 is 45.1 Å². The second kappa shape index (κ2) is 10.2. The maximum Gasteiger partial charge on any atom is 0.422 e. The first-order valence-electron chi connectivity index (χ1n) is 11.8. The normalized spacial score (nSPS) is 16.3. The molecule has 2 fully saturated rings. The third-order valence-corrected chi connectivity index (χ3v) is 7.70. The highest BCUT2D eigenvalue weighted by atomic mass is 35.5. The van der Waals surface area contributed by atoms with Gasteiger partial charge in [-0.05, 0) is 67.6 Å². The van der Waals surface area contributed by atoms with E-state index in [1.165, 1.54) is 24.3 Å². The highest BCUT2D eigenvalue weighted by molar-refractivity contribution is 7.90. The summed E-state index contributed by atoms with van der Waals surface area (Å²) in [7, 11) is -4.04. The van der Waals surface area contributed by atoms with Crippen molar-refractivity contribution in [2.75, 3.05) is 17.2 Å². The molecule has 2 aliphatic rings. The van der Waals surface area contributed by atoms with Crippen LogP contribution < -0.4 is 20.1 Å². The van der Waals surface area contributed by atoms with Crippen LogP contribution in [0.15, 0.2) is 53.4 Å². The molecule has 3 N–H and O–H groups in total. The van der Waals surface area contributed by atoms with E-state index in [-0.39, 0.29) is 22.7 Å². The summed E-state index contributed by atoms with van der Waals surface area (Å²) in [5, 5.41) is 6.55. The van der Waals surface area contributed by atoms with Crippen LogP contribution in [0.1, 0.15) is 31.2 Å². The minimum absolute atomic E-state index is 0.0147. The number of ether oxygens (including phenoxy) is 1. The Morgan fingerprint density at radius 2 is 1.64 bits per heavy atom. The molecule has 1 heterocycles. The molecule has 0 saturated heterocycles. The number of hydrogen-bond donors (Lipinski definition) is 3. The Morgan fingerprint density at radius 3 is 2.23 bits per heavy atom. The van der Waals surface area contributed by atoms with E-state index in [0.29, 0.717) is 23.6 Å². The van der Waals surface area contributed by atoms with Crippen LogP contribution in [-0.2, 0) is 20.4 Å². The summed E-state index contributed by atoms with van der Waals surface area (Å²) in [6.07, 6.45) is -1.83. The number of amides is 1. The van der Waals surface area contributed by atoms with Gasteiger partial charge in [0.05, 0.1) is 10.4 Å². The standard InChI is InChI=1S/C24H22ClF3N6O4S/c25-16-5-3-15(4-6-16)23(11-12-23)33-21-30-20(31-22(32-21)38-13-24(26,27)28)29-17-7-9-18(10-8-17)39(36,37)34-19(35)14-1-2-14/h3-10,14H,1-2,11-13H2,(H,34,35)(H2,29,30,31,32,33). The van der Waals surface area contributed by atoms with Crippen molar-refractivity contribution in [3.05, 3.63) is 59.1 Å². The monoisotopic (exact) mass is 582 g/mol. The van der Waals surface area contributed by atoms with Crippen LogP contribution in [-0.4, -0.2) is 42.1 Å². The molecule has 5 rings (SSSR count). The van der Waals surface area contributed by atoms with Gasteiger partial charge in [0.15, 0.2) is 6.61 Å². The summed E-state index contributed by atoms with van der Waals surface area (Å²) in [5.41, 5.74) is 0.719. The average Bonchev–Trinajstić information content (AvgIpc) is 3.78. The molecule has 0 radical (unpaired) electrons. The first kappa shape index (κ1) is 26.9. The Morgan fingerprint density at radius 1 is 1.00 bits per heavy atom. The summed E-state index contributed by atoms with van der Waals surface area (Å²) in [6.45, 7) is -1.60. The number of hydrogen-bond acceptors (Lipinski definition) is 9. The Balaban J connectivity index is 1.36. The van der Waals surface area contributed by atoms with E-state index in [0.717, 1.165) is 18.4 Å². The third kappa shape index (κ3) is 6.87. The minimum Gasteiger partial charge on any atom is -0.454 e. The van der Waals surface area contributed by atoms with Gasteiger partial charge >= 0.3 is 12.2 Å². The molecular weight excluding hydrogens is 561 g/mol. The molecule has 10 nitrogen and oxygen atoms in total. The van der Waals surface area contributed by atoms with E-state index in [1.54, 1.807) is 12.1 Å². The van der Waals surface area contributed by atoms with Crippen molar-refractivity contribution in [1.29, 1.82) is 0 Å². The molecule has 0 bridgehead atoms. The first-order valence-corrected chi connectivity index (χ1v) is 13.7. The molecular formula is C24H22ClF3N6O4S. The second-order valence-corrected chi connectivity index (χ2v) is 11.4. The van der Waals surface area contributed by atoms with Crippen LogP contribution in [0.2, 0.25) is 5.02 Å². The lowest BCUT2D eigenvalue weighted by atomic mass is 10.1. The summed E-state index contributed by atoms with van der Waals surface area (Å²) >= 11 is 5.98. The number of rotatable bonds is 10. The molecule has 0 unspecified atom stereocenters. The Kier molecular flexibility index (Phi) is 7.01. The van der Waals surface area contributed by atoms with Gasteiger partial charge in [0.25, 0.3) is 10.0 Å². The maximum absolute atomic E-state index is 12.8. The van der Waals surface area contributed by atoms with E-state index < -0.39 is 40.3 Å². The van der Waals surface area contributed by atoms with E-state index in [4.69, 9.17) is 16.3 Å². The highest BCUT2D eigenvalue weighted by Crippen LogP contribution is 2.48. The lowest BCUT2D eigenvalue weighted by Gasteiger charge is -2.19. The molecule has 3 aromatic rings. The fourth-order valence-electron chi connectivity index (χ4n) is 3.74. The van der Waals surface area contributed by atoms with Gasteiger partial charge in [-0.3, -0.25) is 4.79 Å². The van der Waals surface area contributed by atoms with Crippen LogP contribution in [0.4, 0.5) is 30.8 Å². The van der Waals surface area contributed by atoms with E-state index in [9.17, 15) is 26.4 Å². The van der Waals surface area contributed by atoms with Crippen LogP contribution in [0, 0.1) is 5.92 Å². The number of nitrogens with one attached hydrogen (secondary N) is 3. The summed E-state index contributed by atoms with van der Waals surface area (Å²) in [5.74, 6) is -0.968. The van der Waals surface area contributed by atoms with Gasteiger partial charge in [-0.2, -0.15) is 28.1 Å². The zero-order valence-electron chi connectivity index (χ0n) is 20.1. The van der Waals surface area contributed by atoms with Crippen LogP contribution in [0.5, 0.6) is 6.01 Å². The molecule has 0 aliphatic heterocycles. The van der Waals surface area contributed by atoms with E-state index in [1.807, 2.05) is 16.9 Å². The van der Waals surface area contributed by atoms with Crippen molar-refractivity contribution in [3.63, 3.8) is 0 Å². The number of aromatic nitrogens is 3. The quantitative estimate of drug-likeness (QED) is 0.315. The van der Waals surface area contributed by atoms with Gasteiger partial charge in [-0.15, -0.1) is 0 Å². The number of anilines is 3. The topological polar surface area (TPSA) is 135 Å². The molecule has 39 heavy (non-hydrogen) atoms. The molecule has 2 aromatic carbocycles. The molecule has 1 aromatic heterocycles. The SMILES string of the molecule is O=C(NS(=O)(=O)c1ccc(Nc2nc(NC3(c4ccc(Cl)cc4)CC3)nc(OCC(F)(F)F)n2)cc1)C1CC1. The van der Waals surface area contributed by atoms with Crippen molar-refractivity contribution in [1.82, 2.24) is 19.7 Å². The highest BCUT2D eigenvalue weighted by Gasteiger charge is 2.45. The predicted molar refractivity (Wildman–Crippen MR) is 135 cm³/mol. The molecule has 1 amide bonds. The lowest BCUT2D eigenvalue weighted by molar-refractivity contribution is -0.154. The van der Waals surface area contributed by atoms with Crippen molar-refractivity contribution < 1.29 is 31.1 Å². The van der Waals surface area contributed by atoms with Gasteiger partial charge in [-0.25, -0.2) is 13.1 Å². The van der Waals surface area contributed by atoms with Gasteiger partial charge in [0, 0.05) is 16.6 Å². The second-order valence-electron chi connectivity index (χ2n) is 9.28. The number of benzene rings is 2. The van der Waals surface area contributed by atoms with E-state index >= 15 is 0 Å². The zero-order valence-corrected chi connectivity index (χ0v) is 21.7. The smallest absolute Gasteiger partial charge is 0.422 e. The van der Waals surface area contributed by atoms with Crippen LogP contribution in [0.3, 0.4) is 0 Å². The van der Waals surface area contributed by atoms with Gasteiger partial charge in [0.2, 0.25) is 17.8 Å². The zero-order chi connectivity index (χ0) is 27.8. The number of alkyl halides is 3. The molecule has 0 atom stereocenters. The third-order valence-electron chi connectivity index (χ3n) is 6.08. The van der Waals surface area contributed by atoms with Crippen LogP contribution in [0.25, 0.3) is 0 Å². The molecule has 2 aliphatic carbocycles. The lowest BCUT2D eigenvalue weighted by Crippen LogP contribution is -2.31. The van der Waals surface area contributed by atoms with Crippen molar-refractivity contribution in [2.45, 2.75) is 42.3 Å². The Hall–Kier alpha value is -3.65. The maximum atomic E-state index is 12.8. The molecule has 2 saturated carbocycles. The summed E-state index contributed by atoms with van der Waals surface area (Å²) < 4.78 is 70.0. The van der Waals surface area contributed by atoms with E-state index in [2.05, 4.69) is 25.6 Å². The number of sulfonamides is 1. The molecule has 0 spiro atoms. The average molecular weight is 583 g/mol. The largest absolute Gasteiger partial charge is 0.454 e. The fraction of sp³-hybridized carbons (Fsp3) is 0.333. The van der Waals surface area contributed by atoms with Crippen LogP contribution >= 0.6 is 11.6 Å². The molecule has 15 heteroatoms. The number of carbonyl (C=O) groups excluding carboxylic acids is 1. The number of nitrogens with zero attached hydrogens (tertiary/aromatic N) is 3. The van der Waals surface area contributed by atoms with Crippen molar-refractivity contribution in [2.24, 2.45) is 5.92 Å². The van der Waals surface area contributed by atoms with Gasteiger partial charge in [-0.1, -0.05) is 23.7 Å².